The minimum Gasteiger partial charge on any atom is -0.454 e. The molecular weight excluding hydrogens is 344 g/mol. The number of hydrogen-bond donors (Lipinski definition) is 2. The Bertz CT molecular complexity index is 973. The molecule has 2 aromatic carbocycles. The van der Waals surface area contributed by atoms with Gasteiger partial charge in [-0.3, -0.25) is 4.79 Å². The first-order valence-corrected chi connectivity index (χ1v) is 8.51. The molecule has 0 fully saturated rings. The van der Waals surface area contributed by atoms with E-state index in [0.717, 1.165) is 16.8 Å². The van der Waals surface area contributed by atoms with E-state index in [2.05, 4.69) is 20.6 Å². The topological polar surface area (TPSA) is 85.4 Å². The van der Waals surface area contributed by atoms with Crippen molar-refractivity contribution in [3.8, 4) is 11.5 Å². The second-order valence-electron chi connectivity index (χ2n) is 6.13. The van der Waals surface area contributed by atoms with E-state index in [1.165, 1.54) is 0 Å². The van der Waals surface area contributed by atoms with E-state index >= 15 is 0 Å². The van der Waals surface area contributed by atoms with Crippen LogP contribution >= 0.6 is 0 Å². The summed E-state index contributed by atoms with van der Waals surface area (Å²) in [6.07, 6.45) is 1.55. The Labute approximate surface area is 156 Å². The summed E-state index contributed by atoms with van der Waals surface area (Å²) in [7, 11) is 0. The second-order valence-corrected chi connectivity index (χ2v) is 6.13. The maximum atomic E-state index is 12.4. The molecule has 0 radical (unpaired) electrons. The summed E-state index contributed by atoms with van der Waals surface area (Å²) < 4.78 is 10.6. The molecule has 0 atom stereocenters. The van der Waals surface area contributed by atoms with Gasteiger partial charge in [0.05, 0.1) is 0 Å². The molecule has 0 spiro atoms. The van der Waals surface area contributed by atoms with Gasteiger partial charge in [-0.25, -0.2) is 9.97 Å². The Morgan fingerprint density at radius 1 is 1.07 bits per heavy atom. The van der Waals surface area contributed by atoms with E-state index in [9.17, 15) is 4.79 Å². The quantitative estimate of drug-likeness (QED) is 0.725. The maximum Gasteiger partial charge on any atom is 0.270 e. The number of carbonyl (C=O) groups is 1. The van der Waals surface area contributed by atoms with E-state index in [-0.39, 0.29) is 12.7 Å². The minimum absolute atomic E-state index is 0.225. The molecule has 1 aliphatic heterocycles. The molecule has 2 heterocycles. The van der Waals surface area contributed by atoms with Gasteiger partial charge < -0.3 is 20.1 Å². The van der Waals surface area contributed by atoms with Crippen LogP contribution in [0.25, 0.3) is 0 Å². The zero-order valence-corrected chi connectivity index (χ0v) is 14.7. The summed E-state index contributed by atoms with van der Waals surface area (Å²) >= 11 is 0. The molecule has 27 heavy (non-hydrogen) atoms. The minimum atomic E-state index is -0.276. The number of aromatic nitrogens is 2. The average Bonchev–Trinajstić information content (AvgIpc) is 3.16. The largest absolute Gasteiger partial charge is 0.454 e. The molecule has 7 heteroatoms. The predicted octanol–water partition coefficient (Wildman–Crippen LogP) is 3.19. The number of ether oxygens (including phenoxy) is 2. The van der Waals surface area contributed by atoms with Gasteiger partial charge in [-0.15, -0.1) is 0 Å². The van der Waals surface area contributed by atoms with Crippen LogP contribution in [0.15, 0.2) is 54.7 Å². The van der Waals surface area contributed by atoms with E-state index in [0.29, 0.717) is 29.7 Å². The van der Waals surface area contributed by atoms with Crippen molar-refractivity contribution in [3.05, 3.63) is 71.5 Å². The van der Waals surface area contributed by atoms with Gasteiger partial charge >= 0.3 is 0 Å². The standard InChI is InChI=1S/C20H18N4O3/c1-13-2-5-15(6-3-13)23-20-21-9-8-16(24-20)19(25)22-11-14-4-7-17-18(10-14)27-12-26-17/h2-10H,11-12H2,1H3,(H,22,25)(H,21,23,24). The lowest BCUT2D eigenvalue weighted by atomic mass is 10.2. The fraction of sp³-hybridized carbons (Fsp3) is 0.150. The first kappa shape index (κ1) is 16.8. The normalized spacial score (nSPS) is 11.9. The van der Waals surface area contributed by atoms with Gasteiger partial charge in [-0.2, -0.15) is 0 Å². The molecule has 7 nitrogen and oxygen atoms in total. The number of aryl methyl sites for hydroxylation is 1. The lowest BCUT2D eigenvalue weighted by Gasteiger charge is -2.08. The average molecular weight is 362 g/mol. The zero-order chi connectivity index (χ0) is 18.6. The Morgan fingerprint density at radius 3 is 2.74 bits per heavy atom. The monoisotopic (exact) mass is 362 g/mol. The third-order valence-electron chi connectivity index (χ3n) is 4.09. The van der Waals surface area contributed by atoms with E-state index in [1.54, 1.807) is 12.3 Å². The third-order valence-corrected chi connectivity index (χ3v) is 4.09. The van der Waals surface area contributed by atoms with Gasteiger partial charge in [0.25, 0.3) is 5.91 Å². The number of carbonyl (C=O) groups excluding carboxylic acids is 1. The van der Waals surface area contributed by atoms with Crippen molar-refractivity contribution < 1.29 is 14.3 Å². The van der Waals surface area contributed by atoms with Crippen molar-refractivity contribution in [2.75, 3.05) is 12.1 Å². The number of anilines is 2. The Hall–Kier alpha value is -3.61. The van der Waals surface area contributed by atoms with Crippen LogP contribution < -0.4 is 20.1 Å². The summed E-state index contributed by atoms with van der Waals surface area (Å²) in [5.74, 6) is 1.50. The molecule has 0 aliphatic carbocycles. The molecule has 0 unspecified atom stereocenters. The first-order chi connectivity index (χ1) is 13.2. The lowest BCUT2D eigenvalue weighted by molar-refractivity contribution is 0.0946. The number of fused-ring (bicyclic) bond motifs is 1. The predicted molar refractivity (Wildman–Crippen MR) is 100 cm³/mol. The lowest BCUT2D eigenvalue weighted by Crippen LogP contribution is -2.24. The molecule has 4 rings (SSSR count). The van der Waals surface area contributed by atoms with Crippen molar-refractivity contribution in [1.29, 1.82) is 0 Å². The fourth-order valence-electron chi connectivity index (χ4n) is 2.64. The van der Waals surface area contributed by atoms with Crippen molar-refractivity contribution in [3.63, 3.8) is 0 Å². The molecule has 0 saturated heterocycles. The SMILES string of the molecule is Cc1ccc(Nc2nccc(C(=O)NCc3ccc4c(c3)OCO4)n2)cc1. The summed E-state index contributed by atoms with van der Waals surface area (Å²) in [5, 5.41) is 5.95. The molecule has 136 valence electrons. The molecule has 2 N–H and O–H groups in total. The van der Waals surface area contributed by atoms with Gasteiger partial charge in [0.15, 0.2) is 11.5 Å². The summed E-state index contributed by atoms with van der Waals surface area (Å²) in [5.41, 5.74) is 3.23. The number of hydrogen-bond acceptors (Lipinski definition) is 6. The highest BCUT2D eigenvalue weighted by Crippen LogP contribution is 2.32. The Kier molecular flexibility index (Phi) is 4.57. The highest BCUT2D eigenvalue weighted by molar-refractivity contribution is 5.92. The van der Waals surface area contributed by atoms with Crippen LogP contribution in [-0.2, 0) is 6.54 Å². The molecule has 0 bridgehead atoms. The molecule has 1 aliphatic rings. The van der Waals surface area contributed by atoms with Crippen LogP contribution in [0.1, 0.15) is 21.6 Å². The number of amides is 1. The zero-order valence-electron chi connectivity index (χ0n) is 14.7. The number of benzene rings is 2. The van der Waals surface area contributed by atoms with Gasteiger partial charge in [0.2, 0.25) is 12.7 Å². The van der Waals surface area contributed by atoms with Gasteiger partial charge in [-0.05, 0) is 42.8 Å². The van der Waals surface area contributed by atoms with Crippen molar-refractivity contribution >= 4 is 17.5 Å². The smallest absolute Gasteiger partial charge is 0.270 e. The molecule has 1 aromatic heterocycles. The van der Waals surface area contributed by atoms with Gasteiger partial charge in [0, 0.05) is 18.4 Å². The van der Waals surface area contributed by atoms with Crippen LogP contribution in [0.2, 0.25) is 0 Å². The van der Waals surface area contributed by atoms with Crippen LogP contribution in [-0.4, -0.2) is 22.7 Å². The number of nitrogens with zero attached hydrogens (tertiary/aromatic N) is 2. The molecular formula is C20H18N4O3. The highest BCUT2D eigenvalue weighted by Gasteiger charge is 2.14. The Morgan fingerprint density at radius 2 is 1.89 bits per heavy atom. The third kappa shape index (κ3) is 3.98. The molecule has 3 aromatic rings. The molecule has 1 amide bonds. The highest BCUT2D eigenvalue weighted by atomic mass is 16.7. The van der Waals surface area contributed by atoms with Crippen LogP contribution in [0.3, 0.4) is 0 Å². The summed E-state index contributed by atoms with van der Waals surface area (Å²) in [4.78, 5) is 20.9. The molecule has 0 saturated carbocycles. The van der Waals surface area contributed by atoms with E-state index in [4.69, 9.17) is 9.47 Å². The van der Waals surface area contributed by atoms with E-state index < -0.39 is 0 Å². The fourth-order valence-corrected chi connectivity index (χ4v) is 2.64. The number of rotatable bonds is 5. The maximum absolute atomic E-state index is 12.4. The van der Waals surface area contributed by atoms with Crippen molar-refractivity contribution in [2.45, 2.75) is 13.5 Å². The van der Waals surface area contributed by atoms with Crippen LogP contribution in [0, 0.1) is 6.92 Å². The Balaban J connectivity index is 1.40. The van der Waals surface area contributed by atoms with Crippen molar-refractivity contribution in [2.24, 2.45) is 0 Å². The second kappa shape index (κ2) is 7.33. The van der Waals surface area contributed by atoms with Crippen LogP contribution in [0.5, 0.6) is 11.5 Å². The summed E-state index contributed by atoms with van der Waals surface area (Å²) in [6.45, 7) is 2.61. The summed E-state index contributed by atoms with van der Waals surface area (Å²) in [6, 6.07) is 15.0. The van der Waals surface area contributed by atoms with Gasteiger partial charge in [0.1, 0.15) is 5.69 Å². The number of nitrogens with one attached hydrogen (secondary N) is 2. The van der Waals surface area contributed by atoms with Crippen molar-refractivity contribution in [1.82, 2.24) is 15.3 Å². The van der Waals surface area contributed by atoms with E-state index in [1.807, 2.05) is 49.4 Å². The van der Waals surface area contributed by atoms with Gasteiger partial charge in [-0.1, -0.05) is 23.8 Å². The first-order valence-electron chi connectivity index (χ1n) is 8.51. The van der Waals surface area contributed by atoms with Crippen LogP contribution in [0.4, 0.5) is 11.6 Å².